The van der Waals surface area contributed by atoms with E-state index in [0.717, 1.165) is 23.7 Å². The van der Waals surface area contributed by atoms with Crippen LogP contribution in [0.3, 0.4) is 0 Å². The van der Waals surface area contributed by atoms with Gasteiger partial charge in [-0.05, 0) is 31.5 Å². The molecule has 0 amide bonds. The molecular weight excluding hydrogens is 254 g/mol. The van der Waals surface area contributed by atoms with Gasteiger partial charge in [-0.3, -0.25) is 4.68 Å². The van der Waals surface area contributed by atoms with E-state index in [1.807, 2.05) is 42.8 Å². The zero-order valence-corrected chi connectivity index (χ0v) is 12.2. The van der Waals surface area contributed by atoms with E-state index in [1.165, 1.54) is 6.33 Å². The van der Waals surface area contributed by atoms with Crippen molar-refractivity contribution in [2.45, 2.75) is 38.8 Å². The third-order valence-electron chi connectivity index (χ3n) is 3.28. The predicted octanol–water partition coefficient (Wildman–Crippen LogP) is 1.84. The van der Waals surface area contributed by atoms with Gasteiger partial charge >= 0.3 is 0 Å². The molecule has 0 radical (unpaired) electrons. The van der Waals surface area contributed by atoms with Gasteiger partial charge in [0, 0.05) is 19.4 Å². The predicted molar refractivity (Wildman–Crippen MR) is 76.7 cm³/mol. The average Bonchev–Trinajstić information content (AvgIpc) is 2.85. The first kappa shape index (κ1) is 14.5. The number of methoxy groups -OCH3 is 1. The summed E-state index contributed by atoms with van der Waals surface area (Å²) >= 11 is 0. The zero-order valence-electron chi connectivity index (χ0n) is 12.2. The molecule has 1 N–H and O–H groups in total. The summed E-state index contributed by atoms with van der Waals surface area (Å²) in [6.07, 6.45) is 2.57. The maximum atomic E-state index is 10.6. The largest absolute Gasteiger partial charge is 0.497 e. The number of aryl methyl sites for hydroxylation is 1. The summed E-state index contributed by atoms with van der Waals surface area (Å²) in [5.74, 6) is 1.63. The van der Waals surface area contributed by atoms with Crippen LogP contribution in [0.15, 0.2) is 30.6 Å². The van der Waals surface area contributed by atoms with E-state index in [9.17, 15) is 5.11 Å². The summed E-state index contributed by atoms with van der Waals surface area (Å²) in [6.45, 7) is 4.59. The standard InChI is InChI=1S/C15H21N3O2/c1-4-18-14(16-11-17-18)10-15(2,19)9-12-5-7-13(20-3)8-6-12/h5-8,11,19H,4,9-10H2,1-3H3. The average molecular weight is 275 g/mol. The minimum absolute atomic E-state index is 0.479. The molecule has 1 unspecified atom stereocenters. The molecular formula is C15H21N3O2. The number of hydrogen-bond donors (Lipinski definition) is 1. The van der Waals surface area contributed by atoms with E-state index >= 15 is 0 Å². The Morgan fingerprint density at radius 3 is 2.55 bits per heavy atom. The minimum Gasteiger partial charge on any atom is -0.497 e. The van der Waals surface area contributed by atoms with Crippen molar-refractivity contribution in [1.29, 1.82) is 0 Å². The first-order valence-electron chi connectivity index (χ1n) is 6.76. The fraction of sp³-hybridized carbons (Fsp3) is 0.467. The number of benzene rings is 1. The van der Waals surface area contributed by atoms with Gasteiger partial charge in [0.25, 0.3) is 0 Å². The van der Waals surface area contributed by atoms with Gasteiger partial charge in [-0.25, -0.2) is 4.98 Å². The van der Waals surface area contributed by atoms with Crippen molar-refractivity contribution in [3.05, 3.63) is 42.0 Å². The summed E-state index contributed by atoms with van der Waals surface area (Å²) in [5, 5.41) is 14.7. The van der Waals surface area contributed by atoms with Crippen LogP contribution >= 0.6 is 0 Å². The van der Waals surface area contributed by atoms with Gasteiger partial charge in [-0.1, -0.05) is 12.1 Å². The van der Waals surface area contributed by atoms with Crippen LogP contribution < -0.4 is 4.74 Å². The summed E-state index contributed by atoms with van der Waals surface area (Å²) in [7, 11) is 1.64. The molecule has 0 aliphatic heterocycles. The second kappa shape index (κ2) is 6.05. The van der Waals surface area contributed by atoms with E-state index in [4.69, 9.17) is 4.74 Å². The molecule has 20 heavy (non-hydrogen) atoms. The van der Waals surface area contributed by atoms with Gasteiger partial charge in [0.2, 0.25) is 0 Å². The molecule has 1 aromatic carbocycles. The van der Waals surface area contributed by atoms with Crippen molar-refractivity contribution < 1.29 is 9.84 Å². The fourth-order valence-corrected chi connectivity index (χ4v) is 2.28. The smallest absolute Gasteiger partial charge is 0.138 e. The van der Waals surface area contributed by atoms with Crippen molar-refractivity contribution >= 4 is 0 Å². The third-order valence-corrected chi connectivity index (χ3v) is 3.28. The number of ether oxygens (including phenoxy) is 1. The normalized spacial score (nSPS) is 14.0. The number of aliphatic hydroxyl groups is 1. The number of hydrogen-bond acceptors (Lipinski definition) is 4. The van der Waals surface area contributed by atoms with Crippen LogP contribution in [0.4, 0.5) is 0 Å². The topological polar surface area (TPSA) is 60.2 Å². The first-order valence-corrected chi connectivity index (χ1v) is 6.76. The molecule has 0 saturated carbocycles. The Kier molecular flexibility index (Phi) is 4.39. The van der Waals surface area contributed by atoms with E-state index < -0.39 is 5.60 Å². The highest BCUT2D eigenvalue weighted by Gasteiger charge is 2.24. The molecule has 2 rings (SSSR count). The Labute approximate surface area is 119 Å². The molecule has 0 fully saturated rings. The van der Waals surface area contributed by atoms with Gasteiger partial charge in [0.15, 0.2) is 0 Å². The Morgan fingerprint density at radius 1 is 1.25 bits per heavy atom. The monoisotopic (exact) mass is 275 g/mol. The summed E-state index contributed by atoms with van der Waals surface area (Å²) in [4.78, 5) is 4.21. The lowest BCUT2D eigenvalue weighted by Crippen LogP contribution is -2.31. The lowest BCUT2D eigenvalue weighted by molar-refractivity contribution is 0.0576. The molecule has 1 heterocycles. The van der Waals surface area contributed by atoms with Gasteiger partial charge in [-0.15, -0.1) is 0 Å². The molecule has 0 bridgehead atoms. The Hall–Kier alpha value is -1.88. The highest BCUT2D eigenvalue weighted by molar-refractivity contribution is 5.28. The maximum absolute atomic E-state index is 10.6. The van der Waals surface area contributed by atoms with Crippen LogP contribution in [-0.2, 0) is 19.4 Å². The Bertz CT molecular complexity index is 547. The molecule has 108 valence electrons. The number of nitrogens with zero attached hydrogens (tertiary/aromatic N) is 3. The second-order valence-electron chi connectivity index (χ2n) is 5.19. The highest BCUT2D eigenvalue weighted by atomic mass is 16.5. The maximum Gasteiger partial charge on any atom is 0.138 e. The molecule has 1 atom stereocenters. The minimum atomic E-state index is -0.853. The van der Waals surface area contributed by atoms with Gasteiger partial charge in [0.1, 0.15) is 17.9 Å². The Balaban J connectivity index is 2.06. The Morgan fingerprint density at radius 2 is 1.95 bits per heavy atom. The van der Waals surface area contributed by atoms with Crippen molar-refractivity contribution in [1.82, 2.24) is 14.8 Å². The fourth-order valence-electron chi connectivity index (χ4n) is 2.28. The quantitative estimate of drug-likeness (QED) is 0.874. The van der Waals surface area contributed by atoms with E-state index in [-0.39, 0.29) is 0 Å². The van der Waals surface area contributed by atoms with Crippen molar-refractivity contribution in [2.24, 2.45) is 0 Å². The SMILES string of the molecule is CCn1ncnc1CC(C)(O)Cc1ccc(OC)cc1. The molecule has 2 aromatic rings. The molecule has 5 nitrogen and oxygen atoms in total. The number of rotatable bonds is 6. The van der Waals surface area contributed by atoms with E-state index in [1.54, 1.807) is 7.11 Å². The second-order valence-corrected chi connectivity index (χ2v) is 5.19. The van der Waals surface area contributed by atoms with Gasteiger partial charge in [0.05, 0.1) is 12.7 Å². The molecule has 0 saturated heterocycles. The van der Waals surface area contributed by atoms with Crippen molar-refractivity contribution in [3.63, 3.8) is 0 Å². The molecule has 5 heteroatoms. The van der Waals surface area contributed by atoms with E-state index in [2.05, 4.69) is 10.1 Å². The number of aromatic nitrogens is 3. The molecule has 0 spiro atoms. The molecule has 0 aliphatic carbocycles. The summed E-state index contributed by atoms with van der Waals surface area (Å²) < 4.78 is 6.94. The van der Waals surface area contributed by atoms with E-state index in [0.29, 0.717) is 12.8 Å². The van der Waals surface area contributed by atoms with Crippen LogP contribution in [0, 0.1) is 0 Å². The lowest BCUT2D eigenvalue weighted by Gasteiger charge is -2.23. The third kappa shape index (κ3) is 3.57. The van der Waals surface area contributed by atoms with Crippen molar-refractivity contribution in [3.8, 4) is 5.75 Å². The molecule has 0 aliphatic rings. The molecule has 1 aromatic heterocycles. The van der Waals surface area contributed by atoms with Gasteiger partial charge in [-0.2, -0.15) is 5.10 Å². The van der Waals surface area contributed by atoms with Crippen LogP contribution in [-0.4, -0.2) is 32.6 Å². The van der Waals surface area contributed by atoms with Crippen LogP contribution in [0.25, 0.3) is 0 Å². The summed E-state index contributed by atoms with van der Waals surface area (Å²) in [6, 6.07) is 7.75. The van der Waals surface area contributed by atoms with Crippen LogP contribution in [0.5, 0.6) is 5.75 Å². The van der Waals surface area contributed by atoms with Crippen LogP contribution in [0.1, 0.15) is 25.2 Å². The lowest BCUT2D eigenvalue weighted by atomic mass is 9.93. The summed E-state index contributed by atoms with van der Waals surface area (Å²) in [5.41, 5.74) is 0.215. The zero-order chi connectivity index (χ0) is 14.6. The van der Waals surface area contributed by atoms with Crippen LogP contribution in [0.2, 0.25) is 0 Å². The first-order chi connectivity index (χ1) is 9.54. The van der Waals surface area contributed by atoms with Crippen molar-refractivity contribution in [2.75, 3.05) is 7.11 Å². The van der Waals surface area contributed by atoms with Gasteiger partial charge < -0.3 is 9.84 Å². The highest BCUT2D eigenvalue weighted by Crippen LogP contribution is 2.20.